The zero-order chi connectivity index (χ0) is 12.7. The number of anilines is 1. The van der Waals surface area contributed by atoms with E-state index < -0.39 is 0 Å². The molecule has 1 aromatic rings. The molecule has 0 radical (unpaired) electrons. The molecule has 0 saturated carbocycles. The largest absolute Gasteiger partial charge is 0.399 e. The Morgan fingerprint density at radius 3 is 2.94 bits per heavy atom. The van der Waals surface area contributed by atoms with Crippen LogP contribution in [0.5, 0.6) is 0 Å². The third-order valence-corrected chi connectivity index (χ3v) is 2.54. The highest BCUT2D eigenvalue weighted by Crippen LogP contribution is 2.08. The molecule has 3 N–H and O–H groups in total. The van der Waals surface area contributed by atoms with Crippen molar-refractivity contribution in [3.8, 4) is 12.3 Å². The Balaban J connectivity index is 2.41. The minimum atomic E-state index is -0.164. The molecule has 17 heavy (non-hydrogen) atoms. The van der Waals surface area contributed by atoms with Gasteiger partial charge in [-0.2, -0.15) is 0 Å². The van der Waals surface area contributed by atoms with Crippen LogP contribution in [0.1, 0.15) is 25.3 Å². The topological polar surface area (TPSA) is 55.1 Å². The van der Waals surface area contributed by atoms with Gasteiger partial charge in [0.1, 0.15) is 0 Å². The number of nitrogen functional groups attached to an aromatic ring is 1. The lowest BCUT2D eigenvalue weighted by Gasteiger charge is -2.10. The lowest BCUT2D eigenvalue weighted by Crippen LogP contribution is -2.33. The number of carbonyl (C=O) groups excluding carboxylic acids is 1. The van der Waals surface area contributed by atoms with Gasteiger partial charge in [-0.3, -0.25) is 4.79 Å². The molecule has 0 aliphatic rings. The molecule has 0 bridgehead atoms. The van der Waals surface area contributed by atoms with Crippen LogP contribution in [0.3, 0.4) is 0 Å². The summed E-state index contributed by atoms with van der Waals surface area (Å²) in [5.74, 6) is 2.52. The van der Waals surface area contributed by atoms with Crippen molar-refractivity contribution in [3.05, 3.63) is 29.8 Å². The Hall–Kier alpha value is -1.95. The average molecular weight is 230 g/mol. The standard InChI is InChI=1S/C14H18N2O/c1-3-13(4-2)16-14(17)9-8-11-6-5-7-12(15)10-11/h1,5-7,10,13H,4,8-9,15H2,2H3,(H,16,17). The summed E-state index contributed by atoms with van der Waals surface area (Å²) < 4.78 is 0. The SMILES string of the molecule is C#CC(CC)NC(=O)CCc1cccc(N)c1. The third kappa shape index (κ3) is 4.60. The second-order valence-corrected chi connectivity index (χ2v) is 3.94. The summed E-state index contributed by atoms with van der Waals surface area (Å²) in [7, 11) is 0. The highest BCUT2D eigenvalue weighted by atomic mass is 16.1. The number of nitrogens with one attached hydrogen (secondary N) is 1. The molecular formula is C14H18N2O. The zero-order valence-electron chi connectivity index (χ0n) is 10.1. The van der Waals surface area contributed by atoms with E-state index in [2.05, 4.69) is 11.2 Å². The molecule has 90 valence electrons. The molecule has 0 saturated heterocycles. The lowest BCUT2D eigenvalue weighted by atomic mass is 10.1. The van der Waals surface area contributed by atoms with E-state index in [1.807, 2.05) is 31.2 Å². The number of carbonyl (C=O) groups is 1. The van der Waals surface area contributed by atoms with E-state index in [0.29, 0.717) is 12.8 Å². The number of hydrogen-bond donors (Lipinski definition) is 2. The molecule has 3 nitrogen and oxygen atoms in total. The van der Waals surface area contributed by atoms with E-state index in [9.17, 15) is 4.79 Å². The van der Waals surface area contributed by atoms with Crippen molar-refractivity contribution >= 4 is 11.6 Å². The summed E-state index contributed by atoms with van der Waals surface area (Å²) >= 11 is 0. The third-order valence-electron chi connectivity index (χ3n) is 2.54. The summed E-state index contributed by atoms with van der Waals surface area (Å²) in [6, 6.07) is 7.39. The first-order valence-electron chi connectivity index (χ1n) is 5.75. The van der Waals surface area contributed by atoms with Gasteiger partial charge in [-0.05, 0) is 30.5 Å². The molecule has 0 aliphatic heterocycles. The van der Waals surface area contributed by atoms with Gasteiger partial charge in [0.15, 0.2) is 0 Å². The fourth-order valence-corrected chi connectivity index (χ4v) is 1.53. The van der Waals surface area contributed by atoms with Gasteiger partial charge in [0.2, 0.25) is 5.91 Å². The number of aryl methyl sites for hydroxylation is 1. The molecule has 0 fully saturated rings. The molecule has 1 amide bonds. The molecular weight excluding hydrogens is 212 g/mol. The van der Waals surface area contributed by atoms with Gasteiger partial charge in [-0.15, -0.1) is 6.42 Å². The lowest BCUT2D eigenvalue weighted by molar-refractivity contribution is -0.121. The number of terminal acetylenes is 1. The fourth-order valence-electron chi connectivity index (χ4n) is 1.53. The highest BCUT2D eigenvalue weighted by molar-refractivity contribution is 5.76. The number of benzene rings is 1. The van der Waals surface area contributed by atoms with Gasteiger partial charge in [0.25, 0.3) is 0 Å². The van der Waals surface area contributed by atoms with E-state index in [1.54, 1.807) is 0 Å². The molecule has 1 atom stereocenters. The Bertz CT molecular complexity index is 420. The van der Waals surface area contributed by atoms with Gasteiger partial charge in [-0.25, -0.2) is 0 Å². The summed E-state index contributed by atoms with van der Waals surface area (Å²) in [4.78, 5) is 11.6. The van der Waals surface area contributed by atoms with Gasteiger partial charge >= 0.3 is 0 Å². The van der Waals surface area contributed by atoms with Crippen molar-refractivity contribution in [2.45, 2.75) is 32.2 Å². The van der Waals surface area contributed by atoms with E-state index in [1.165, 1.54) is 0 Å². The molecule has 0 aromatic heterocycles. The first kappa shape index (κ1) is 13.1. The molecule has 1 rings (SSSR count). The first-order valence-corrected chi connectivity index (χ1v) is 5.75. The van der Waals surface area contributed by atoms with Crippen molar-refractivity contribution in [2.24, 2.45) is 0 Å². The predicted molar refractivity (Wildman–Crippen MR) is 70.2 cm³/mol. The Morgan fingerprint density at radius 1 is 1.59 bits per heavy atom. The molecule has 0 aliphatic carbocycles. The molecule has 1 unspecified atom stereocenters. The number of nitrogens with two attached hydrogens (primary N) is 1. The second kappa shape index (κ2) is 6.59. The second-order valence-electron chi connectivity index (χ2n) is 3.94. The smallest absolute Gasteiger partial charge is 0.221 e. The molecule has 0 heterocycles. The van der Waals surface area contributed by atoms with Crippen molar-refractivity contribution in [1.29, 1.82) is 0 Å². The maximum absolute atomic E-state index is 11.6. The van der Waals surface area contributed by atoms with Crippen LogP contribution in [0, 0.1) is 12.3 Å². The van der Waals surface area contributed by atoms with Crippen molar-refractivity contribution in [1.82, 2.24) is 5.32 Å². The van der Waals surface area contributed by atoms with Gasteiger partial charge in [0, 0.05) is 12.1 Å². The average Bonchev–Trinajstić information content (AvgIpc) is 2.33. The maximum Gasteiger partial charge on any atom is 0.221 e. The molecule has 3 heteroatoms. The van der Waals surface area contributed by atoms with E-state index >= 15 is 0 Å². The number of hydrogen-bond acceptors (Lipinski definition) is 2. The zero-order valence-corrected chi connectivity index (χ0v) is 10.1. The normalized spacial score (nSPS) is 11.5. The van der Waals surface area contributed by atoms with Crippen molar-refractivity contribution in [3.63, 3.8) is 0 Å². The quantitative estimate of drug-likeness (QED) is 0.598. The van der Waals surface area contributed by atoms with Crippen molar-refractivity contribution < 1.29 is 4.79 Å². The minimum absolute atomic E-state index is 0.0165. The Labute approximate surface area is 102 Å². The summed E-state index contributed by atoms with van der Waals surface area (Å²) in [6.45, 7) is 1.95. The van der Waals surface area contributed by atoms with Crippen LogP contribution in [0.2, 0.25) is 0 Å². The Morgan fingerprint density at radius 2 is 2.35 bits per heavy atom. The van der Waals surface area contributed by atoms with Crippen LogP contribution in [0.4, 0.5) is 5.69 Å². The van der Waals surface area contributed by atoms with Crippen LogP contribution in [-0.4, -0.2) is 11.9 Å². The van der Waals surface area contributed by atoms with Crippen molar-refractivity contribution in [2.75, 3.05) is 5.73 Å². The maximum atomic E-state index is 11.6. The summed E-state index contributed by atoms with van der Waals surface area (Å²) in [5.41, 5.74) is 7.45. The first-order chi connectivity index (χ1) is 8.15. The Kier molecular flexibility index (Phi) is 5.09. The van der Waals surface area contributed by atoms with E-state index in [4.69, 9.17) is 12.2 Å². The van der Waals surface area contributed by atoms with Gasteiger partial charge in [-0.1, -0.05) is 25.0 Å². The van der Waals surface area contributed by atoms with Gasteiger partial charge in [0.05, 0.1) is 6.04 Å². The monoisotopic (exact) mass is 230 g/mol. The van der Waals surface area contributed by atoms with Crippen LogP contribution >= 0.6 is 0 Å². The highest BCUT2D eigenvalue weighted by Gasteiger charge is 2.07. The van der Waals surface area contributed by atoms with E-state index in [0.717, 1.165) is 17.7 Å². The van der Waals surface area contributed by atoms with Crippen LogP contribution in [0.25, 0.3) is 0 Å². The van der Waals surface area contributed by atoms with E-state index in [-0.39, 0.29) is 11.9 Å². The molecule has 1 aromatic carbocycles. The van der Waals surface area contributed by atoms with Crippen LogP contribution in [0.15, 0.2) is 24.3 Å². The number of rotatable bonds is 5. The number of amides is 1. The van der Waals surface area contributed by atoms with Gasteiger partial charge < -0.3 is 11.1 Å². The predicted octanol–water partition coefficient (Wildman–Crippen LogP) is 1.73. The minimum Gasteiger partial charge on any atom is -0.399 e. The summed E-state index contributed by atoms with van der Waals surface area (Å²) in [6.07, 6.45) is 7.14. The van der Waals surface area contributed by atoms with Crippen LogP contribution in [-0.2, 0) is 11.2 Å². The fraction of sp³-hybridized carbons (Fsp3) is 0.357. The summed E-state index contributed by atoms with van der Waals surface area (Å²) in [5, 5.41) is 2.79. The van der Waals surface area contributed by atoms with Crippen LogP contribution < -0.4 is 11.1 Å². The molecule has 0 spiro atoms.